The molecule has 0 spiro atoms. The summed E-state index contributed by atoms with van der Waals surface area (Å²) in [7, 11) is 0. The van der Waals surface area contributed by atoms with Crippen LogP contribution in [0.3, 0.4) is 0 Å². The van der Waals surface area contributed by atoms with E-state index in [9.17, 15) is 9.90 Å². The molecule has 1 unspecified atom stereocenters. The summed E-state index contributed by atoms with van der Waals surface area (Å²) in [6, 6.07) is 0. The third kappa shape index (κ3) is 9.02. The van der Waals surface area contributed by atoms with Gasteiger partial charge in [0.2, 0.25) is 0 Å². The van der Waals surface area contributed by atoms with E-state index in [0.29, 0.717) is 0 Å². The summed E-state index contributed by atoms with van der Waals surface area (Å²) >= 11 is 0. The Balaban J connectivity index is 0. The summed E-state index contributed by atoms with van der Waals surface area (Å²) in [5.74, 6) is -1.19. The maximum Gasteiger partial charge on any atom is 1.00 e. The van der Waals surface area contributed by atoms with Gasteiger partial charge in [-0.15, -0.1) is 0 Å². The molecule has 0 aliphatic carbocycles. The van der Waals surface area contributed by atoms with Crippen molar-refractivity contribution in [1.82, 2.24) is 0 Å². The van der Waals surface area contributed by atoms with Crippen LogP contribution in [0.2, 0.25) is 0 Å². The molecule has 0 rings (SSSR count). The largest absolute Gasteiger partial charge is 1.00 e. The van der Waals surface area contributed by atoms with Crippen LogP contribution in [0, 0.1) is 5.92 Å². The first kappa shape index (κ1) is 14.6. The molecule has 0 bridgehead atoms. The second kappa shape index (κ2) is 9.20. The summed E-state index contributed by atoms with van der Waals surface area (Å²) in [4.78, 5) is 10.2. The fourth-order valence-electron chi connectivity index (χ4n) is 0.818. The van der Waals surface area contributed by atoms with Crippen molar-refractivity contribution in [3.05, 3.63) is 0 Å². The van der Waals surface area contributed by atoms with Crippen LogP contribution >= 0.6 is 0 Å². The SMILES string of the molecule is CCCCCC(C)C(=O)[O-].[K+]. The van der Waals surface area contributed by atoms with Crippen LogP contribution in [0.25, 0.3) is 0 Å². The predicted octanol–water partition coefficient (Wildman–Crippen LogP) is -2.04. The van der Waals surface area contributed by atoms with Crippen molar-refractivity contribution in [2.24, 2.45) is 5.92 Å². The second-order valence-corrected chi connectivity index (χ2v) is 2.72. The Morgan fingerprint density at radius 2 is 2.00 bits per heavy atom. The molecular weight excluding hydrogens is 167 g/mol. The van der Waals surface area contributed by atoms with Crippen LogP contribution in [-0.4, -0.2) is 5.97 Å². The van der Waals surface area contributed by atoms with Crippen molar-refractivity contribution in [2.45, 2.75) is 39.5 Å². The number of carbonyl (C=O) groups excluding carboxylic acids is 1. The van der Waals surface area contributed by atoms with Gasteiger partial charge >= 0.3 is 51.4 Å². The molecule has 0 aromatic heterocycles. The van der Waals surface area contributed by atoms with Gasteiger partial charge in [0.05, 0.1) is 0 Å². The first-order valence-electron chi connectivity index (χ1n) is 3.89. The molecule has 11 heavy (non-hydrogen) atoms. The van der Waals surface area contributed by atoms with E-state index in [1.165, 1.54) is 0 Å². The van der Waals surface area contributed by atoms with Crippen LogP contribution < -0.4 is 56.5 Å². The molecule has 2 nitrogen and oxygen atoms in total. The van der Waals surface area contributed by atoms with Crippen molar-refractivity contribution in [3.63, 3.8) is 0 Å². The number of carbonyl (C=O) groups is 1. The molecule has 0 aliphatic heterocycles. The quantitative estimate of drug-likeness (QED) is 0.363. The molecule has 3 heteroatoms. The molecule has 0 saturated heterocycles. The molecule has 60 valence electrons. The summed E-state index contributed by atoms with van der Waals surface area (Å²) in [6.45, 7) is 3.80. The molecule has 0 fully saturated rings. The van der Waals surface area contributed by atoms with Gasteiger partial charge in [-0.1, -0.05) is 33.1 Å². The molecule has 0 heterocycles. The van der Waals surface area contributed by atoms with Gasteiger partial charge in [0.1, 0.15) is 0 Å². The topological polar surface area (TPSA) is 40.1 Å². The van der Waals surface area contributed by atoms with E-state index in [2.05, 4.69) is 6.92 Å². The smallest absolute Gasteiger partial charge is 0.550 e. The van der Waals surface area contributed by atoms with Gasteiger partial charge in [-0.2, -0.15) is 0 Å². The van der Waals surface area contributed by atoms with Gasteiger partial charge in [-0.05, 0) is 12.3 Å². The number of carboxylic acid groups (broad SMARTS) is 1. The molecule has 0 aromatic carbocycles. The zero-order valence-corrected chi connectivity index (χ0v) is 10.8. The normalized spacial score (nSPS) is 11.8. The van der Waals surface area contributed by atoms with Crippen LogP contribution in [0.15, 0.2) is 0 Å². The Kier molecular flexibility index (Phi) is 12.2. The van der Waals surface area contributed by atoms with Gasteiger partial charge < -0.3 is 9.90 Å². The maximum atomic E-state index is 10.2. The number of aliphatic carboxylic acids is 1. The Morgan fingerprint density at radius 3 is 2.36 bits per heavy atom. The van der Waals surface area contributed by atoms with Gasteiger partial charge in [-0.3, -0.25) is 0 Å². The Hall–Kier alpha value is 1.11. The van der Waals surface area contributed by atoms with Crippen molar-refractivity contribution < 1.29 is 61.3 Å². The fraction of sp³-hybridized carbons (Fsp3) is 0.875. The van der Waals surface area contributed by atoms with Gasteiger partial charge in [0.15, 0.2) is 0 Å². The number of carboxylic acids is 1. The first-order valence-corrected chi connectivity index (χ1v) is 3.89. The molecule has 0 amide bonds. The minimum atomic E-state index is -0.920. The number of hydrogen-bond acceptors (Lipinski definition) is 2. The van der Waals surface area contributed by atoms with E-state index in [1.807, 2.05) is 0 Å². The van der Waals surface area contributed by atoms with Crippen LogP contribution in [0.5, 0.6) is 0 Å². The average Bonchev–Trinajstić information content (AvgIpc) is 1.88. The Bertz CT molecular complexity index is 104. The van der Waals surface area contributed by atoms with E-state index in [-0.39, 0.29) is 57.3 Å². The summed E-state index contributed by atoms with van der Waals surface area (Å²) < 4.78 is 0. The van der Waals surface area contributed by atoms with E-state index >= 15 is 0 Å². The van der Waals surface area contributed by atoms with Crippen LogP contribution in [-0.2, 0) is 4.79 Å². The minimum absolute atomic E-state index is 0. The van der Waals surface area contributed by atoms with Crippen molar-refractivity contribution in [3.8, 4) is 0 Å². The molecule has 0 aromatic rings. The average molecular weight is 182 g/mol. The van der Waals surface area contributed by atoms with Crippen molar-refractivity contribution >= 4 is 5.97 Å². The summed E-state index contributed by atoms with van der Waals surface area (Å²) in [5.41, 5.74) is 0. The molecule has 0 radical (unpaired) electrons. The van der Waals surface area contributed by atoms with E-state index < -0.39 is 5.97 Å². The molecule has 0 saturated carbocycles. The number of hydrogen-bond donors (Lipinski definition) is 0. The molecule has 0 N–H and O–H groups in total. The predicted molar refractivity (Wildman–Crippen MR) is 38.3 cm³/mol. The minimum Gasteiger partial charge on any atom is -0.550 e. The zero-order chi connectivity index (χ0) is 7.98. The van der Waals surface area contributed by atoms with Crippen LogP contribution in [0.1, 0.15) is 39.5 Å². The van der Waals surface area contributed by atoms with E-state index in [0.717, 1.165) is 25.7 Å². The standard InChI is InChI=1S/C8H16O2.K/c1-3-4-5-6-7(2)8(9)10;/h7H,3-6H2,1-2H3,(H,9,10);/q;+1/p-1. The summed E-state index contributed by atoms with van der Waals surface area (Å²) in [6.07, 6.45) is 4.03. The van der Waals surface area contributed by atoms with Crippen molar-refractivity contribution in [1.29, 1.82) is 0 Å². The molecular formula is C8H15KO2. The molecule has 1 atom stereocenters. The Labute approximate surface area is 111 Å². The maximum absolute atomic E-state index is 10.2. The van der Waals surface area contributed by atoms with Gasteiger partial charge in [-0.25, -0.2) is 0 Å². The third-order valence-corrected chi connectivity index (χ3v) is 1.64. The zero-order valence-electron chi connectivity index (χ0n) is 7.72. The number of rotatable bonds is 5. The van der Waals surface area contributed by atoms with E-state index in [1.54, 1.807) is 6.92 Å². The number of unbranched alkanes of at least 4 members (excludes halogenated alkanes) is 2. The molecule has 0 aliphatic rings. The van der Waals surface area contributed by atoms with E-state index in [4.69, 9.17) is 0 Å². The van der Waals surface area contributed by atoms with Gasteiger partial charge in [0, 0.05) is 5.97 Å². The van der Waals surface area contributed by atoms with Crippen LogP contribution in [0.4, 0.5) is 0 Å². The monoisotopic (exact) mass is 182 g/mol. The fourth-order valence-corrected chi connectivity index (χ4v) is 0.818. The first-order chi connectivity index (χ1) is 4.68. The summed E-state index contributed by atoms with van der Waals surface area (Å²) in [5, 5.41) is 10.2. The van der Waals surface area contributed by atoms with Crippen molar-refractivity contribution in [2.75, 3.05) is 0 Å². The second-order valence-electron chi connectivity index (χ2n) is 2.72. The van der Waals surface area contributed by atoms with Gasteiger partial charge in [0.25, 0.3) is 0 Å². The third-order valence-electron chi connectivity index (χ3n) is 1.64. The Morgan fingerprint density at radius 1 is 1.45 bits per heavy atom.